The van der Waals surface area contributed by atoms with E-state index in [0.717, 1.165) is 32.5 Å². The molecule has 2 heterocycles. The van der Waals surface area contributed by atoms with E-state index in [4.69, 9.17) is 14.2 Å². The molecule has 1 saturated carbocycles. The van der Waals surface area contributed by atoms with Crippen molar-refractivity contribution in [3.05, 3.63) is 0 Å². The zero-order valence-corrected chi connectivity index (χ0v) is 12.8. The molecule has 0 amide bonds. The Bertz CT molecular complexity index is 371. The van der Waals surface area contributed by atoms with E-state index in [9.17, 15) is 4.79 Å². The number of esters is 1. The molecule has 0 aromatic rings. The smallest absolute Gasteiger partial charge is 0.324 e. The first-order valence-electron chi connectivity index (χ1n) is 8.15. The van der Waals surface area contributed by atoms with Crippen molar-refractivity contribution in [3.8, 4) is 0 Å². The van der Waals surface area contributed by atoms with E-state index < -0.39 is 0 Å². The SMILES string of the molecule is CCOC(=O)C1CNCCN1CC1COC2(CCCC2)O1. The molecule has 0 radical (unpaired) electrons. The van der Waals surface area contributed by atoms with Crippen molar-refractivity contribution in [2.24, 2.45) is 0 Å². The highest BCUT2D eigenvalue weighted by atomic mass is 16.7. The second-order valence-electron chi connectivity index (χ2n) is 6.14. The maximum atomic E-state index is 12.1. The topological polar surface area (TPSA) is 60.0 Å². The molecule has 3 rings (SSSR count). The highest BCUT2D eigenvalue weighted by molar-refractivity contribution is 5.76. The van der Waals surface area contributed by atoms with E-state index in [1.165, 1.54) is 12.8 Å². The van der Waals surface area contributed by atoms with E-state index in [0.29, 0.717) is 19.8 Å². The minimum Gasteiger partial charge on any atom is -0.465 e. The third-order valence-corrected chi connectivity index (χ3v) is 4.63. The van der Waals surface area contributed by atoms with Gasteiger partial charge >= 0.3 is 5.97 Å². The average Bonchev–Trinajstić information content (AvgIpc) is 3.10. The molecule has 21 heavy (non-hydrogen) atoms. The largest absolute Gasteiger partial charge is 0.465 e. The Morgan fingerprint density at radius 3 is 3.00 bits per heavy atom. The molecule has 3 fully saturated rings. The van der Waals surface area contributed by atoms with Crippen molar-refractivity contribution in [2.75, 3.05) is 39.4 Å². The molecule has 3 aliphatic rings. The van der Waals surface area contributed by atoms with Crippen molar-refractivity contribution < 1.29 is 19.0 Å². The monoisotopic (exact) mass is 298 g/mol. The minimum absolute atomic E-state index is 0.0677. The predicted molar refractivity (Wildman–Crippen MR) is 76.9 cm³/mol. The van der Waals surface area contributed by atoms with E-state index in [-0.39, 0.29) is 23.9 Å². The lowest BCUT2D eigenvalue weighted by atomic mass is 10.1. The molecule has 0 aromatic carbocycles. The summed E-state index contributed by atoms with van der Waals surface area (Å²) in [6, 6.07) is -0.206. The number of ether oxygens (including phenoxy) is 3. The first kappa shape index (κ1) is 15.2. The van der Waals surface area contributed by atoms with Crippen molar-refractivity contribution in [2.45, 2.75) is 50.5 Å². The molecule has 2 saturated heterocycles. The first-order chi connectivity index (χ1) is 10.2. The summed E-state index contributed by atoms with van der Waals surface area (Å²) in [7, 11) is 0. The van der Waals surface area contributed by atoms with Crippen LogP contribution in [0.25, 0.3) is 0 Å². The summed E-state index contributed by atoms with van der Waals surface area (Å²) in [5.74, 6) is -0.461. The Labute approximate surface area is 126 Å². The highest BCUT2D eigenvalue weighted by Gasteiger charge is 2.44. The van der Waals surface area contributed by atoms with Gasteiger partial charge in [-0.1, -0.05) is 0 Å². The molecule has 0 aromatic heterocycles. The second kappa shape index (κ2) is 6.60. The molecule has 1 N–H and O–H groups in total. The van der Waals surface area contributed by atoms with Crippen LogP contribution < -0.4 is 5.32 Å². The van der Waals surface area contributed by atoms with Gasteiger partial charge in [0.25, 0.3) is 0 Å². The summed E-state index contributed by atoms with van der Waals surface area (Å²) < 4.78 is 17.3. The van der Waals surface area contributed by atoms with Gasteiger partial charge < -0.3 is 19.5 Å². The quantitative estimate of drug-likeness (QED) is 0.763. The first-order valence-corrected chi connectivity index (χ1v) is 8.15. The third-order valence-electron chi connectivity index (χ3n) is 4.63. The van der Waals surface area contributed by atoms with Crippen LogP contribution in [-0.2, 0) is 19.0 Å². The van der Waals surface area contributed by atoms with Gasteiger partial charge in [0.1, 0.15) is 6.04 Å². The van der Waals surface area contributed by atoms with Gasteiger partial charge in [0.2, 0.25) is 0 Å². The standard InChI is InChI=1S/C15H26N2O4/c1-2-19-14(18)13-9-16-7-8-17(13)10-12-11-20-15(21-12)5-3-4-6-15/h12-13,16H,2-11H2,1H3. The number of nitrogens with one attached hydrogen (secondary N) is 1. The van der Waals surface area contributed by atoms with E-state index in [1.54, 1.807) is 0 Å². The van der Waals surface area contributed by atoms with Gasteiger partial charge in [0.15, 0.2) is 5.79 Å². The highest BCUT2D eigenvalue weighted by Crippen LogP contribution is 2.39. The molecule has 1 spiro atoms. The Morgan fingerprint density at radius 1 is 1.43 bits per heavy atom. The molecule has 120 valence electrons. The average molecular weight is 298 g/mol. The number of nitrogens with zero attached hydrogens (tertiary/aromatic N) is 1. The fourth-order valence-electron chi connectivity index (χ4n) is 3.58. The van der Waals surface area contributed by atoms with Crippen LogP contribution in [0.2, 0.25) is 0 Å². The second-order valence-corrected chi connectivity index (χ2v) is 6.14. The Balaban J connectivity index is 1.56. The normalized spacial score (nSPS) is 32.6. The molecular formula is C15H26N2O4. The van der Waals surface area contributed by atoms with Gasteiger partial charge in [-0.3, -0.25) is 9.69 Å². The number of hydrogen-bond donors (Lipinski definition) is 1. The zero-order valence-electron chi connectivity index (χ0n) is 12.8. The Hall–Kier alpha value is -0.690. The number of rotatable bonds is 4. The summed E-state index contributed by atoms with van der Waals surface area (Å²) in [6.07, 6.45) is 4.45. The Morgan fingerprint density at radius 2 is 2.24 bits per heavy atom. The fourth-order valence-corrected chi connectivity index (χ4v) is 3.58. The van der Waals surface area contributed by atoms with Crippen molar-refractivity contribution in [3.63, 3.8) is 0 Å². The molecule has 6 nitrogen and oxygen atoms in total. The van der Waals surface area contributed by atoms with Crippen LogP contribution in [0.1, 0.15) is 32.6 Å². The number of hydrogen-bond acceptors (Lipinski definition) is 6. The summed E-state index contributed by atoms with van der Waals surface area (Å²) in [5.41, 5.74) is 0. The van der Waals surface area contributed by atoms with Crippen LogP contribution in [0.5, 0.6) is 0 Å². The van der Waals surface area contributed by atoms with Crippen molar-refractivity contribution in [1.82, 2.24) is 10.2 Å². The minimum atomic E-state index is -0.321. The molecule has 2 atom stereocenters. The van der Waals surface area contributed by atoms with Crippen molar-refractivity contribution in [1.29, 1.82) is 0 Å². The summed E-state index contributed by atoms with van der Waals surface area (Å²) in [5, 5.41) is 3.26. The predicted octanol–water partition coefficient (Wildman–Crippen LogP) is 0.509. The van der Waals surface area contributed by atoms with Gasteiger partial charge in [-0.15, -0.1) is 0 Å². The van der Waals surface area contributed by atoms with Crippen LogP contribution in [0, 0.1) is 0 Å². The maximum Gasteiger partial charge on any atom is 0.324 e. The van der Waals surface area contributed by atoms with Crippen LogP contribution in [0.4, 0.5) is 0 Å². The fraction of sp³-hybridized carbons (Fsp3) is 0.933. The lowest BCUT2D eigenvalue weighted by Crippen LogP contribution is -2.57. The zero-order chi connectivity index (χ0) is 14.7. The van der Waals surface area contributed by atoms with E-state index in [2.05, 4.69) is 10.2 Å². The van der Waals surface area contributed by atoms with E-state index in [1.807, 2.05) is 6.92 Å². The summed E-state index contributed by atoms with van der Waals surface area (Å²) in [4.78, 5) is 14.2. The number of carbonyl (C=O) groups is 1. The third kappa shape index (κ3) is 3.39. The van der Waals surface area contributed by atoms with Gasteiger partial charge in [0.05, 0.1) is 19.3 Å². The van der Waals surface area contributed by atoms with Crippen LogP contribution in [0.3, 0.4) is 0 Å². The van der Waals surface area contributed by atoms with Crippen LogP contribution in [0.15, 0.2) is 0 Å². The molecule has 1 aliphatic carbocycles. The lowest BCUT2D eigenvalue weighted by Gasteiger charge is -2.35. The molecule has 6 heteroatoms. The van der Waals surface area contributed by atoms with Crippen LogP contribution in [-0.4, -0.2) is 68.2 Å². The van der Waals surface area contributed by atoms with Gasteiger partial charge in [0, 0.05) is 39.0 Å². The number of piperazine rings is 1. The van der Waals surface area contributed by atoms with Crippen molar-refractivity contribution >= 4 is 5.97 Å². The maximum absolute atomic E-state index is 12.1. The molecular weight excluding hydrogens is 272 g/mol. The summed E-state index contributed by atoms with van der Waals surface area (Å²) in [6.45, 7) is 6.04. The molecule has 2 unspecified atom stereocenters. The lowest BCUT2D eigenvalue weighted by molar-refractivity contribution is -0.165. The number of carbonyl (C=O) groups excluding carboxylic acids is 1. The van der Waals surface area contributed by atoms with Gasteiger partial charge in [-0.05, 0) is 19.8 Å². The molecule has 2 aliphatic heterocycles. The molecule has 0 bridgehead atoms. The summed E-state index contributed by atoms with van der Waals surface area (Å²) >= 11 is 0. The van der Waals surface area contributed by atoms with Crippen LogP contribution >= 0.6 is 0 Å². The van der Waals surface area contributed by atoms with E-state index >= 15 is 0 Å². The Kier molecular flexibility index (Phi) is 4.78. The van der Waals surface area contributed by atoms with Gasteiger partial charge in [-0.2, -0.15) is 0 Å². The van der Waals surface area contributed by atoms with Gasteiger partial charge in [-0.25, -0.2) is 0 Å².